The van der Waals surface area contributed by atoms with Gasteiger partial charge in [-0.1, -0.05) is 18.2 Å². The van der Waals surface area contributed by atoms with Crippen molar-refractivity contribution in [2.24, 2.45) is 5.92 Å². The fourth-order valence-electron chi connectivity index (χ4n) is 3.85. The Morgan fingerprint density at radius 1 is 1.35 bits per heavy atom. The molecule has 122 valence electrons. The first-order valence-corrected chi connectivity index (χ1v) is 8.45. The molecule has 2 saturated heterocycles. The van der Waals surface area contributed by atoms with Crippen molar-refractivity contribution < 1.29 is 14.3 Å². The summed E-state index contributed by atoms with van der Waals surface area (Å²) in [5, 5.41) is 2.94. The Kier molecular flexibility index (Phi) is 4.89. The van der Waals surface area contributed by atoms with Crippen LogP contribution in [0.3, 0.4) is 0 Å². The third-order valence-electron chi connectivity index (χ3n) is 5.00. The van der Waals surface area contributed by atoms with E-state index >= 15 is 0 Å². The van der Waals surface area contributed by atoms with Crippen LogP contribution in [0, 0.1) is 5.92 Å². The quantitative estimate of drug-likeness (QED) is 0.689. The molecule has 3 atom stereocenters. The predicted molar refractivity (Wildman–Crippen MR) is 91.0 cm³/mol. The van der Waals surface area contributed by atoms with E-state index < -0.39 is 0 Å². The number of nitrogens with one attached hydrogen (secondary N) is 1. The van der Waals surface area contributed by atoms with Gasteiger partial charge >= 0.3 is 12.0 Å². The summed E-state index contributed by atoms with van der Waals surface area (Å²) < 4.78 is 5.15. The summed E-state index contributed by atoms with van der Waals surface area (Å²) in [7, 11) is 0.846. The smallest absolute Gasteiger partial charge is 0.321 e. The van der Waals surface area contributed by atoms with Crippen molar-refractivity contribution in [1.82, 2.24) is 4.90 Å². The van der Waals surface area contributed by atoms with Crippen molar-refractivity contribution in [3.63, 3.8) is 0 Å². The van der Waals surface area contributed by atoms with Crippen LogP contribution in [0.4, 0.5) is 10.5 Å². The zero-order valence-electron chi connectivity index (χ0n) is 13.5. The van der Waals surface area contributed by atoms with Gasteiger partial charge in [0.05, 0.1) is 6.61 Å². The topological polar surface area (TPSA) is 58.6 Å². The number of esters is 1. The van der Waals surface area contributed by atoms with E-state index in [0.29, 0.717) is 18.3 Å². The van der Waals surface area contributed by atoms with Crippen LogP contribution in [0.2, 0.25) is 11.6 Å². The highest BCUT2D eigenvalue weighted by Gasteiger charge is 2.43. The van der Waals surface area contributed by atoms with Crippen LogP contribution in [0.5, 0.6) is 0 Å². The number of piperidine rings is 1. The number of anilines is 1. The maximum absolute atomic E-state index is 12.4. The van der Waals surface area contributed by atoms with Crippen LogP contribution in [-0.4, -0.2) is 43.9 Å². The zero-order chi connectivity index (χ0) is 16.2. The first-order chi connectivity index (χ1) is 11.2. The summed E-state index contributed by atoms with van der Waals surface area (Å²) in [5.74, 6) is 0.911. The summed E-state index contributed by atoms with van der Waals surface area (Å²) >= 11 is 0. The number of urea groups is 1. The van der Waals surface area contributed by atoms with Gasteiger partial charge in [0.15, 0.2) is 0 Å². The molecule has 0 aliphatic carbocycles. The van der Waals surface area contributed by atoms with E-state index in [1.54, 1.807) is 0 Å². The number of carbonyl (C=O) groups is 2. The van der Waals surface area contributed by atoms with Crippen LogP contribution in [-0.2, 0) is 9.53 Å². The first-order valence-electron chi connectivity index (χ1n) is 8.45. The highest BCUT2D eigenvalue weighted by molar-refractivity contribution is 6.46. The molecule has 2 aliphatic rings. The summed E-state index contributed by atoms with van der Waals surface area (Å²) in [6.07, 6.45) is 1.89. The van der Waals surface area contributed by atoms with E-state index in [-0.39, 0.29) is 17.8 Å². The number of likely N-dealkylation sites (tertiary alicyclic amines) is 1. The minimum absolute atomic E-state index is 0.0158. The van der Waals surface area contributed by atoms with Crippen LogP contribution >= 0.6 is 0 Å². The van der Waals surface area contributed by atoms with Crippen molar-refractivity contribution in [1.29, 1.82) is 0 Å². The lowest BCUT2D eigenvalue weighted by atomic mass is 9.58. The van der Waals surface area contributed by atoms with Crippen molar-refractivity contribution >= 4 is 25.0 Å². The number of para-hydroxylation sites is 1. The molecule has 0 radical (unpaired) electrons. The molecule has 1 N–H and O–H groups in total. The number of fused-ring (bicyclic) bond motifs is 1. The predicted octanol–water partition coefficient (Wildman–Crippen LogP) is 2.52. The van der Waals surface area contributed by atoms with Crippen molar-refractivity contribution in [3.8, 4) is 0 Å². The number of rotatable bonds is 3. The van der Waals surface area contributed by atoms with Gasteiger partial charge in [-0.05, 0) is 43.6 Å². The lowest BCUT2D eigenvalue weighted by molar-refractivity contribution is -0.143. The molecule has 2 aliphatic heterocycles. The summed E-state index contributed by atoms with van der Waals surface area (Å²) in [5.41, 5.74) is 0.815. The number of hydrogen-bond donors (Lipinski definition) is 1. The van der Waals surface area contributed by atoms with E-state index in [4.69, 9.17) is 4.74 Å². The minimum Gasteiger partial charge on any atom is -0.466 e. The molecule has 1 aromatic rings. The van der Waals surface area contributed by atoms with Crippen LogP contribution in [0.1, 0.15) is 19.8 Å². The highest BCUT2D eigenvalue weighted by atomic mass is 16.5. The molecule has 2 heterocycles. The number of amides is 2. The Labute approximate surface area is 137 Å². The van der Waals surface area contributed by atoms with Crippen molar-refractivity contribution in [2.75, 3.05) is 25.0 Å². The van der Waals surface area contributed by atoms with Gasteiger partial charge in [0.1, 0.15) is 7.28 Å². The van der Waals surface area contributed by atoms with Gasteiger partial charge in [-0.25, -0.2) is 4.79 Å². The second-order valence-electron chi connectivity index (χ2n) is 6.47. The van der Waals surface area contributed by atoms with E-state index in [9.17, 15) is 9.59 Å². The van der Waals surface area contributed by atoms with Gasteiger partial charge in [-0.15, -0.1) is 0 Å². The molecule has 0 spiro atoms. The second-order valence-corrected chi connectivity index (χ2v) is 6.47. The Morgan fingerprint density at radius 2 is 2.13 bits per heavy atom. The highest BCUT2D eigenvalue weighted by Crippen LogP contribution is 2.43. The molecule has 0 saturated carbocycles. The molecule has 1 aromatic carbocycles. The SMILES string of the molecule is CCOC(=O)[C@H]1BC2CN(C(=O)Nc3ccccc3)CC[C@H]2C1. The number of carbonyl (C=O) groups excluding carboxylic acids is 2. The Balaban J connectivity index is 1.55. The molecule has 2 amide bonds. The molecule has 1 unspecified atom stereocenters. The maximum Gasteiger partial charge on any atom is 0.321 e. The lowest BCUT2D eigenvalue weighted by Gasteiger charge is -2.35. The average molecular weight is 314 g/mol. The summed E-state index contributed by atoms with van der Waals surface area (Å²) in [6, 6.07) is 9.46. The summed E-state index contributed by atoms with van der Waals surface area (Å²) in [4.78, 5) is 26.2. The Bertz CT molecular complexity index is 566. The minimum atomic E-state index is -0.0674. The molecule has 23 heavy (non-hydrogen) atoms. The first kappa shape index (κ1) is 15.9. The van der Waals surface area contributed by atoms with Crippen molar-refractivity contribution in [3.05, 3.63) is 30.3 Å². The van der Waals surface area contributed by atoms with Gasteiger partial charge in [-0.3, -0.25) is 4.79 Å². The molecule has 3 rings (SSSR count). The molecule has 5 nitrogen and oxygen atoms in total. The monoisotopic (exact) mass is 314 g/mol. The molecule has 0 bridgehead atoms. The van der Waals surface area contributed by atoms with Crippen LogP contribution < -0.4 is 5.32 Å². The number of benzene rings is 1. The Morgan fingerprint density at radius 3 is 2.87 bits per heavy atom. The van der Waals surface area contributed by atoms with Gasteiger partial charge in [0, 0.05) is 24.6 Å². The van der Waals surface area contributed by atoms with Crippen LogP contribution in [0.25, 0.3) is 0 Å². The van der Waals surface area contributed by atoms with Gasteiger partial charge in [0.2, 0.25) is 0 Å². The van der Waals surface area contributed by atoms with Gasteiger partial charge in [-0.2, -0.15) is 0 Å². The number of nitrogens with zero attached hydrogens (tertiary/aromatic N) is 1. The maximum atomic E-state index is 12.4. The zero-order valence-corrected chi connectivity index (χ0v) is 13.5. The van der Waals surface area contributed by atoms with Gasteiger partial charge in [0.25, 0.3) is 0 Å². The van der Waals surface area contributed by atoms with E-state index in [2.05, 4.69) is 5.32 Å². The molecular formula is C17H23BN2O3. The fraction of sp³-hybridized carbons (Fsp3) is 0.529. The lowest BCUT2D eigenvalue weighted by Crippen LogP contribution is -2.43. The van der Waals surface area contributed by atoms with Crippen molar-refractivity contribution in [2.45, 2.75) is 31.4 Å². The third kappa shape index (κ3) is 3.68. The third-order valence-corrected chi connectivity index (χ3v) is 5.00. The largest absolute Gasteiger partial charge is 0.466 e. The average Bonchev–Trinajstić information content (AvgIpc) is 2.99. The molecule has 0 aromatic heterocycles. The summed E-state index contributed by atoms with van der Waals surface area (Å²) in [6.45, 7) is 3.78. The van der Waals surface area contributed by atoms with E-state index in [1.165, 1.54) is 0 Å². The number of ether oxygens (including phenoxy) is 1. The standard InChI is InChI=1S/C17H23BN2O3/c1-2-23-16(21)14-10-12-8-9-20(11-15(12)18-14)17(22)19-13-6-4-3-5-7-13/h3-7,12,14-15,18H,2,8-11H2,1H3,(H,19,22)/t12-,14-,15?/m0/s1. The van der Waals surface area contributed by atoms with Crippen LogP contribution in [0.15, 0.2) is 30.3 Å². The van der Waals surface area contributed by atoms with E-state index in [0.717, 1.165) is 38.9 Å². The second kappa shape index (κ2) is 7.07. The molecule has 2 fully saturated rings. The fourth-order valence-corrected chi connectivity index (χ4v) is 3.85. The molecular weight excluding hydrogens is 291 g/mol. The van der Waals surface area contributed by atoms with Gasteiger partial charge < -0.3 is 15.0 Å². The molecule has 6 heteroatoms. The number of hydrogen-bond acceptors (Lipinski definition) is 3. The Hall–Kier alpha value is -1.98. The van der Waals surface area contributed by atoms with E-state index in [1.807, 2.05) is 42.2 Å². The normalized spacial score (nSPS) is 26.1.